The second-order valence-electron chi connectivity index (χ2n) is 7.88. The largest absolute Gasteiger partial charge is 1.00 e. The molecule has 0 radical (unpaired) electrons. The first kappa shape index (κ1) is 24.9. The zero-order valence-corrected chi connectivity index (χ0v) is 17.9. The van der Waals surface area contributed by atoms with Gasteiger partial charge in [0.05, 0.1) is 27.2 Å². The Morgan fingerprint density at radius 3 is 2.12 bits per heavy atom. The Morgan fingerprint density at radius 2 is 1.50 bits per heavy atom. The van der Waals surface area contributed by atoms with E-state index in [0.717, 1.165) is 30.5 Å². The summed E-state index contributed by atoms with van der Waals surface area (Å²) in [6, 6.07) is 10.6. The highest BCUT2D eigenvalue weighted by atomic mass is 35.5. The van der Waals surface area contributed by atoms with Gasteiger partial charge in [-0.05, 0) is 6.42 Å². The van der Waals surface area contributed by atoms with E-state index in [4.69, 9.17) is 0 Å². The lowest BCUT2D eigenvalue weighted by atomic mass is 10.1. The summed E-state index contributed by atoms with van der Waals surface area (Å²) in [5, 5.41) is 3.09. The number of unbranched alkanes of at least 4 members (excludes halogenated alkanes) is 7. The molecule has 0 aromatic heterocycles. The molecule has 0 aliphatic rings. The topological polar surface area (TPSA) is 29.1 Å². The van der Waals surface area contributed by atoms with Crippen molar-refractivity contribution < 1.29 is 21.7 Å². The Labute approximate surface area is 167 Å². The van der Waals surface area contributed by atoms with E-state index < -0.39 is 0 Å². The molecule has 1 N–H and O–H groups in total. The van der Waals surface area contributed by atoms with Gasteiger partial charge in [0.25, 0.3) is 0 Å². The standard InChI is InChI=1S/C22H38N2O.ClH/c1-4-5-6-7-8-9-10-14-17-22(25)23-18-19-24(2,3)20-21-15-12-11-13-16-21;/h11-13,15-16H,4-10,14,17-20H2,1-3H3;1H. The van der Waals surface area contributed by atoms with Crippen LogP contribution in [0.25, 0.3) is 0 Å². The van der Waals surface area contributed by atoms with E-state index in [1.54, 1.807) is 0 Å². The molecule has 0 unspecified atom stereocenters. The predicted octanol–water partition coefficient (Wildman–Crippen LogP) is 1.91. The van der Waals surface area contributed by atoms with Gasteiger partial charge in [-0.3, -0.25) is 4.79 Å². The van der Waals surface area contributed by atoms with Crippen LogP contribution in [-0.4, -0.2) is 37.6 Å². The zero-order valence-electron chi connectivity index (χ0n) is 17.1. The molecular formula is C22H39ClN2O. The number of halogens is 1. The van der Waals surface area contributed by atoms with E-state index in [2.05, 4.69) is 56.7 Å². The molecule has 0 saturated carbocycles. The van der Waals surface area contributed by atoms with E-state index in [0.29, 0.717) is 6.42 Å². The van der Waals surface area contributed by atoms with E-state index >= 15 is 0 Å². The fourth-order valence-corrected chi connectivity index (χ4v) is 3.16. The second-order valence-corrected chi connectivity index (χ2v) is 7.88. The third-order valence-corrected chi connectivity index (χ3v) is 4.75. The Balaban J connectivity index is 0.00000625. The van der Waals surface area contributed by atoms with Crippen LogP contribution in [0.2, 0.25) is 0 Å². The van der Waals surface area contributed by atoms with Crippen molar-refractivity contribution >= 4 is 5.91 Å². The van der Waals surface area contributed by atoms with Gasteiger partial charge in [-0.2, -0.15) is 0 Å². The van der Waals surface area contributed by atoms with Crippen molar-refractivity contribution in [1.82, 2.24) is 5.32 Å². The quantitative estimate of drug-likeness (QED) is 0.386. The van der Waals surface area contributed by atoms with Gasteiger partial charge in [-0.25, -0.2) is 0 Å². The lowest BCUT2D eigenvalue weighted by Gasteiger charge is -2.30. The molecule has 0 aliphatic heterocycles. The number of likely N-dealkylation sites (N-methyl/N-ethyl adjacent to an activating group) is 1. The van der Waals surface area contributed by atoms with Crippen LogP contribution in [0, 0.1) is 0 Å². The molecule has 26 heavy (non-hydrogen) atoms. The molecule has 1 aromatic carbocycles. The third-order valence-electron chi connectivity index (χ3n) is 4.75. The Bertz CT molecular complexity index is 462. The number of amides is 1. The maximum absolute atomic E-state index is 11.9. The number of carbonyl (C=O) groups is 1. The van der Waals surface area contributed by atoms with E-state index in [-0.39, 0.29) is 18.3 Å². The minimum absolute atomic E-state index is 0. The summed E-state index contributed by atoms with van der Waals surface area (Å²) < 4.78 is 0.891. The molecule has 150 valence electrons. The molecule has 4 heteroatoms. The summed E-state index contributed by atoms with van der Waals surface area (Å²) >= 11 is 0. The number of hydrogen-bond acceptors (Lipinski definition) is 1. The van der Waals surface area contributed by atoms with Crippen LogP contribution in [0.5, 0.6) is 0 Å². The van der Waals surface area contributed by atoms with Crippen molar-refractivity contribution in [3.63, 3.8) is 0 Å². The van der Waals surface area contributed by atoms with Gasteiger partial charge in [-0.15, -0.1) is 0 Å². The van der Waals surface area contributed by atoms with E-state index in [9.17, 15) is 4.79 Å². The predicted molar refractivity (Wildman–Crippen MR) is 107 cm³/mol. The first-order chi connectivity index (χ1) is 12.0. The van der Waals surface area contributed by atoms with Crippen LogP contribution in [0.1, 0.15) is 70.3 Å². The Morgan fingerprint density at radius 1 is 0.923 bits per heavy atom. The van der Waals surface area contributed by atoms with Gasteiger partial charge in [0.2, 0.25) is 5.91 Å². The average molecular weight is 383 g/mol. The van der Waals surface area contributed by atoms with Crippen molar-refractivity contribution in [2.75, 3.05) is 27.2 Å². The Hall–Kier alpha value is -1.06. The fourth-order valence-electron chi connectivity index (χ4n) is 3.16. The summed E-state index contributed by atoms with van der Waals surface area (Å²) in [4.78, 5) is 11.9. The van der Waals surface area contributed by atoms with Crippen molar-refractivity contribution in [1.29, 1.82) is 0 Å². The normalized spacial score (nSPS) is 11.0. The molecule has 3 nitrogen and oxygen atoms in total. The molecule has 0 heterocycles. The van der Waals surface area contributed by atoms with Crippen LogP contribution in [-0.2, 0) is 11.3 Å². The summed E-state index contributed by atoms with van der Waals surface area (Å²) in [6.07, 6.45) is 10.9. The van der Waals surface area contributed by atoms with E-state index in [1.807, 2.05) is 0 Å². The maximum atomic E-state index is 11.9. The lowest BCUT2D eigenvalue weighted by molar-refractivity contribution is -0.902. The van der Waals surface area contributed by atoms with Crippen LogP contribution >= 0.6 is 0 Å². The van der Waals surface area contributed by atoms with Crippen LogP contribution in [0.15, 0.2) is 30.3 Å². The van der Waals surface area contributed by atoms with Gasteiger partial charge in [0.15, 0.2) is 0 Å². The van der Waals surface area contributed by atoms with Crippen molar-refractivity contribution in [3.8, 4) is 0 Å². The molecule has 0 saturated heterocycles. The van der Waals surface area contributed by atoms with Crippen molar-refractivity contribution in [2.45, 2.75) is 71.3 Å². The summed E-state index contributed by atoms with van der Waals surface area (Å²) in [5.41, 5.74) is 1.35. The SMILES string of the molecule is CCCCCCCCCCC(=O)NCC[N+](C)(C)Cc1ccccc1.[Cl-]. The first-order valence-corrected chi connectivity index (χ1v) is 10.2. The number of nitrogens with zero attached hydrogens (tertiary/aromatic N) is 1. The molecule has 1 aromatic rings. The lowest BCUT2D eigenvalue weighted by Crippen LogP contribution is -3.00. The molecule has 1 amide bonds. The summed E-state index contributed by atoms with van der Waals surface area (Å²) in [7, 11) is 4.44. The highest BCUT2D eigenvalue weighted by Crippen LogP contribution is 2.10. The van der Waals surface area contributed by atoms with Gasteiger partial charge in [0.1, 0.15) is 6.54 Å². The van der Waals surface area contributed by atoms with Gasteiger partial charge < -0.3 is 22.2 Å². The highest BCUT2D eigenvalue weighted by molar-refractivity contribution is 5.75. The van der Waals surface area contributed by atoms with Crippen LogP contribution in [0.3, 0.4) is 0 Å². The third kappa shape index (κ3) is 13.2. The molecule has 0 fully saturated rings. The monoisotopic (exact) mass is 382 g/mol. The van der Waals surface area contributed by atoms with Gasteiger partial charge >= 0.3 is 0 Å². The zero-order chi connectivity index (χ0) is 18.4. The number of nitrogens with one attached hydrogen (secondary N) is 1. The van der Waals surface area contributed by atoms with Crippen LogP contribution < -0.4 is 17.7 Å². The van der Waals surface area contributed by atoms with Crippen molar-refractivity contribution in [3.05, 3.63) is 35.9 Å². The minimum Gasteiger partial charge on any atom is -1.00 e. The highest BCUT2D eigenvalue weighted by Gasteiger charge is 2.15. The molecule has 0 spiro atoms. The number of quaternary nitrogens is 1. The number of benzene rings is 1. The fraction of sp³-hybridized carbons (Fsp3) is 0.682. The van der Waals surface area contributed by atoms with Crippen LogP contribution in [0.4, 0.5) is 0 Å². The molecule has 1 rings (SSSR count). The van der Waals surface area contributed by atoms with Gasteiger partial charge in [-0.1, -0.05) is 82.2 Å². The van der Waals surface area contributed by atoms with Crippen molar-refractivity contribution in [2.24, 2.45) is 0 Å². The average Bonchev–Trinajstić information content (AvgIpc) is 2.57. The molecule has 0 bridgehead atoms. The van der Waals surface area contributed by atoms with Gasteiger partial charge in [0, 0.05) is 12.0 Å². The molecular weight excluding hydrogens is 344 g/mol. The number of carbonyl (C=O) groups excluding carboxylic acids is 1. The number of rotatable bonds is 14. The smallest absolute Gasteiger partial charge is 0.220 e. The molecule has 0 aliphatic carbocycles. The second kappa shape index (κ2) is 15.0. The Kier molecular flexibility index (Phi) is 14.4. The minimum atomic E-state index is 0. The molecule has 0 atom stereocenters. The number of hydrogen-bond donors (Lipinski definition) is 1. The summed E-state index contributed by atoms with van der Waals surface area (Å²) in [6.45, 7) is 4.96. The summed E-state index contributed by atoms with van der Waals surface area (Å²) in [5.74, 6) is 0.214. The van der Waals surface area contributed by atoms with E-state index in [1.165, 1.54) is 50.5 Å². The first-order valence-electron chi connectivity index (χ1n) is 10.2. The maximum Gasteiger partial charge on any atom is 0.220 e.